The SMILES string of the molecule is COCOc1cc(-c2ncc3c(N4C[C@H](NC(=O)OC(C)(C)C)C[C@H](O[Si](C)(C)C(C)(C)C)C4)nc(OC[C@@]45CCCN4C[C@H](F)C5)nc3c2F)c2c(C#C[Si](C(C)C)(C(C)C)C(C)C)c(F)ccc2c1. The second kappa shape index (κ2) is 20.8. The molecule has 71 heavy (non-hydrogen) atoms. The summed E-state index contributed by atoms with van der Waals surface area (Å²) in [4.78, 5) is 32.1. The van der Waals surface area contributed by atoms with Crippen LogP contribution in [0.25, 0.3) is 32.9 Å². The molecule has 0 radical (unpaired) electrons. The third-order valence-electron chi connectivity index (χ3n) is 15.5. The fourth-order valence-electron chi connectivity index (χ4n) is 11.2. The molecule has 4 atom stereocenters. The van der Waals surface area contributed by atoms with Crippen molar-refractivity contribution < 1.29 is 41.3 Å². The number of carbonyl (C=O) groups excluding carboxylic acids is 1. The molecule has 2 aromatic carbocycles. The van der Waals surface area contributed by atoms with Crippen molar-refractivity contribution in [2.24, 2.45) is 0 Å². The van der Waals surface area contributed by atoms with Crippen LogP contribution in [-0.2, 0) is 13.9 Å². The number of hydrogen-bond donors (Lipinski definition) is 1. The number of nitrogens with one attached hydrogen (secondary N) is 1. The van der Waals surface area contributed by atoms with E-state index in [0.29, 0.717) is 48.3 Å². The molecular weight excluding hydrogens is 942 g/mol. The maximum atomic E-state index is 18.2. The van der Waals surface area contributed by atoms with Crippen LogP contribution in [0.15, 0.2) is 30.5 Å². The molecule has 1 N–H and O–H groups in total. The van der Waals surface area contributed by atoms with Gasteiger partial charge in [0.15, 0.2) is 20.9 Å². The van der Waals surface area contributed by atoms with Gasteiger partial charge in [-0.3, -0.25) is 9.88 Å². The minimum absolute atomic E-state index is 0.0825. The molecular formula is C54H77F3N6O6Si2. The zero-order valence-electron chi connectivity index (χ0n) is 44.7. The molecule has 7 rings (SSSR count). The molecule has 388 valence electrons. The number of alkyl carbamates (subject to hydrolysis) is 1. The molecule has 0 aliphatic carbocycles. The second-order valence-electron chi connectivity index (χ2n) is 23.6. The first-order valence-electron chi connectivity index (χ1n) is 25.4. The lowest BCUT2D eigenvalue weighted by atomic mass is 9.95. The second-order valence-corrected chi connectivity index (χ2v) is 33.9. The van der Waals surface area contributed by atoms with E-state index in [0.717, 1.165) is 19.4 Å². The topological polar surface area (TPSA) is 120 Å². The Morgan fingerprint density at radius 3 is 2.32 bits per heavy atom. The first kappa shape index (κ1) is 54.3. The van der Waals surface area contributed by atoms with Gasteiger partial charge >= 0.3 is 12.1 Å². The standard InChI is InChI=1S/C54H77F3N6O6Si2/c1-33(2)71(34(3)4,35(5)6)22-19-41-44(56)18-17-36-23-39(67-32-65-13)25-42(45(36)41)47-46(57)48-43(27-58-47)49(61-50(60-48)66-31-54-20-16-21-63(54)28-37(55)26-54)62-29-38(59-51(64)68-52(7,8)9)24-40(30-62)69-70(14,15)53(10,11)12/h17-18,23,25,27,33-35,37-38,40H,16,20-21,24,26,28-32H2,1-15H3,(H,59,64)/t37-,38-,40+,54+/m1/s1. The molecule has 3 aliphatic heterocycles. The third kappa shape index (κ3) is 11.4. The molecule has 2 aromatic heterocycles. The maximum absolute atomic E-state index is 18.2. The molecule has 3 fully saturated rings. The van der Waals surface area contributed by atoms with Gasteiger partial charge in [-0.2, -0.15) is 9.97 Å². The number of halogens is 3. The van der Waals surface area contributed by atoms with E-state index in [-0.39, 0.29) is 81.4 Å². The van der Waals surface area contributed by atoms with Crippen molar-refractivity contribution in [3.8, 4) is 34.5 Å². The summed E-state index contributed by atoms with van der Waals surface area (Å²) in [6.45, 7) is 31.3. The fraction of sp³-hybridized carbons (Fsp3) is 0.630. The van der Waals surface area contributed by atoms with E-state index in [1.807, 2.05) is 25.7 Å². The number of alkyl halides is 1. The highest BCUT2D eigenvalue weighted by Gasteiger charge is 2.50. The predicted octanol–water partition coefficient (Wildman–Crippen LogP) is 12.1. The Morgan fingerprint density at radius 1 is 0.972 bits per heavy atom. The van der Waals surface area contributed by atoms with Gasteiger partial charge in [0.25, 0.3) is 0 Å². The highest BCUT2D eigenvalue weighted by atomic mass is 28.4. The summed E-state index contributed by atoms with van der Waals surface area (Å²) < 4.78 is 80.2. The van der Waals surface area contributed by atoms with Crippen LogP contribution in [0.3, 0.4) is 0 Å². The van der Waals surface area contributed by atoms with E-state index >= 15 is 13.2 Å². The van der Waals surface area contributed by atoms with Crippen molar-refractivity contribution in [3.63, 3.8) is 0 Å². The average molecular weight is 1020 g/mol. The van der Waals surface area contributed by atoms with Crippen molar-refractivity contribution >= 4 is 50.0 Å². The van der Waals surface area contributed by atoms with E-state index in [9.17, 15) is 4.79 Å². The summed E-state index contributed by atoms with van der Waals surface area (Å²) in [5.41, 5.74) is 3.48. The number of amides is 1. The lowest BCUT2D eigenvalue weighted by Crippen LogP contribution is -2.57. The number of benzene rings is 2. The lowest BCUT2D eigenvalue weighted by Gasteiger charge is -2.44. The van der Waals surface area contributed by atoms with Crippen molar-refractivity contribution in [3.05, 3.63) is 47.7 Å². The van der Waals surface area contributed by atoms with Crippen molar-refractivity contribution in [1.82, 2.24) is 25.2 Å². The van der Waals surface area contributed by atoms with Gasteiger partial charge in [-0.15, -0.1) is 5.54 Å². The van der Waals surface area contributed by atoms with Gasteiger partial charge < -0.3 is 33.6 Å². The van der Waals surface area contributed by atoms with Crippen LogP contribution in [0.1, 0.15) is 114 Å². The number of aromatic nitrogens is 3. The number of rotatable bonds is 14. The first-order valence-corrected chi connectivity index (χ1v) is 30.5. The van der Waals surface area contributed by atoms with Crippen molar-refractivity contribution in [2.45, 2.75) is 173 Å². The minimum atomic E-state index is -2.36. The normalized spacial score (nSPS) is 21.3. The van der Waals surface area contributed by atoms with Gasteiger partial charge in [0.05, 0.1) is 28.6 Å². The van der Waals surface area contributed by atoms with E-state index in [2.05, 4.69) is 97.1 Å². The van der Waals surface area contributed by atoms with Crippen LogP contribution in [0.5, 0.6) is 11.8 Å². The monoisotopic (exact) mass is 1020 g/mol. The van der Waals surface area contributed by atoms with Gasteiger partial charge in [-0.05, 0) is 105 Å². The highest BCUT2D eigenvalue weighted by Crippen LogP contribution is 2.45. The smallest absolute Gasteiger partial charge is 0.407 e. The van der Waals surface area contributed by atoms with Gasteiger partial charge in [0.1, 0.15) is 55.0 Å². The molecule has 0 unspecified atom stereocenters. The Balaban J connectivity index is 1.44. The Bertz CT molecular complexity index is 2640. The predicted molar refractivity (Wildman–Crippen MR) is 281 cm³/mol. The summed E-state index contributed by atoms with van der Waals surface area (Å²) >= 11 is 0. The van der Waals surface area contributed by atoms with Crippen LogP contribution in [-0.4, -0.2) is 118 Å². The van der Waals surface area contributed by atoms with Gasteiger partial charge in [0.2, 0.25) is 0 Å². The quantitative estimate of drug-likeness (QED) is 0.0738. The molecule has 0 spiro atoms. The van der Waals surface area contributed by atoms with Crippen LogP contribution in [0, 0.1) is 23.1 Å². The molecule has 1 amide bonds. The molecule has 3 saturated heterocycles. The molecule has 3 aliphatic rings. The number of methoxy groups -OCH3 is 1. The van der Waals surface area contributed by atoms with Crippen LogP contribution >= 0.6 is 0 Å². The molecule has 17 heteroatoms. The number of piperidine rings is 1. The Labute approximate surface area is 421 Å². The number of anilines is 1. The average Bonchev–Trinajstić information content (AvgIpc) is 3.79. The number of ether oxygens (including phenoxy) is 4. The number of pyridine rings is 1. The van der Waals surface area contributed by atoms with E-state index < -0.39 is 57.5 Å². The van der Waals surface area contributed by atoms with E-state index in [1.165, 1.54) is 19.4 Å². The fourth-order valence-corrected chi connectivity index (χ4v) is 17.7. The Hall–Kier alpha value is -4.48. The molecule has 5 heterocycles. The van der Waals surface area contributed by atoms with Gasteiger partial charge in [0, 0.05) is 50.3 Å². The van der Waals surface area contributed by atoms with Crippen molar-refractivity contribution in [2.75, 3.05) is 51.6 Å². The molecule has 12 nitrogen and oxygen atoms in total. The summed E-state index contributed by atoms with van der Waals surface area (Å²) in [6, 6.07) is 5.89. The summed E-state index contributed by atoms with van der Waals surface area (Å²) in [5.74, 6) is 2.71. The number of carbonyl (C=O) groups is 1. The van der Waals surface area contributed by atoms with Crippen LogP contribution in [0.2, 0.25) is 34.8 Å². The summed E-state index contributed by atoms with van der Waals surface area (Å²) in [6.07, 6.45) is 2.09. The maximum Gasteiger partial charge on any atom is 0.407 e. The van der Waals surface area contributed by atoms with E-state index in [4.69, 9.17) is 38.3 Å². The van der Waals surface area contributed by atoms with Gasteiger partial charge in [-0.25, -0.2) is 18.0 Å². The minimum Gasteiger partial charge on any atom is -0.468 e. The van der Waals surface area contributed by atoms with Gasteiger partial charge in [-0.1, -0.05) is 74.3 Å². The molecule has 0 saturated carbocycles. The highest BCUT2D eigenvalue weighted by molar-refractivity contribution is 6.90. The van der Waals surface area contributed by atoms with Crippen LogP contribution in [0.4, 0.5) is 23.8 Å². The summed E-state index contributed by atoms with van der Waals surface area (Å²) in [5, 5.41) is 4.21. The molecule has 0 bridgehead atoms. The number of nitrogens with zero attached hydrogens (tertiary/aromatic N) is 5. The van der Waals surface area contributed by atoms with E-state index in [1.54, 1.807) is 18.2 Å². The third-order valence-corrected chi connectivity index (χ3v) is 26.3. The number of fused-ring (bicyclic) bond motifs is 3. The van der Waals surface area contributed by atoms with Crippen LogP contribution < -0.4 is 19.7 Å². The molecule has 4 aromatic rings. The Morgan fingerprint density at radius 2 is 1.68 bits per heavy atom. The summed E-state index contributed by atoms with van der Waals surface area (Å²) in [7, 11) is -3.22. The Kier molecular flexibility index (Phi) is 15.9. The lowest BCUT2D eigenvalue weighted by molar-refractivity contribution is 0.0476. The zero-order valence-corrected chi connectivity index (χ0v) is 46.7. The zero-order chi connectivity index (χ0) is 52.0. The van der Waals surface area contributed by atoms with Crippen molar-refractivity contribution in [1.29, 1.82) is 0 Å². The first-order chi connectivity index (χ1) is 33.2. The largest absolute Gasteiger partial charge is 0.468 e. The number of hydrogen-bond acceptors (Lipinski definition) is 11.